The molecule has 2 aromatic carbocycles. The number of hydrogen-bond donors (Lipinski definition) is 2. The molecule has 11 nitrogen and oxygen atoms in total. The molecule has 2 aromatic rings. The van der Waals surface area contributed by atoms with Crippen LogP contribution >= 0.6 is 15.9 Å². The van der Waals surface area contributed by atoms with E-state index in [0.717, 1.165) is 11.1 Å². The predicted molar refractivity (Wildman–Crippen MR) is 185 cm³/mol. The molecule has 12 heteroatoms. The highest BCUT2D eigenvalue weighted by atomic mass is 79.9. The van der Waals surface area contributed by atoms with Gasteiger partial charge in [0.2, 0.25) is 11.8 Å². The topological polar surface area (TPSA) is 135 Å². The summed E-state index contributed by atoms with van der Waals surface area (Å²) in [5, 5.41) is 13.4. The van der Waals surface area contributed by atoms with Gasteiger partial charge in [0.1, 0.15) is 29.8 Å². The van der Waals surface area contributed by atoms with E-state index < -0.39 is 72.2 Å². The fourth-order valence-corrected chi connectivity index (χ4v) is 8.37. The zero-order valence-corrected chi connectivity index (χ0v) is 29.6. The molecule has 0 aromatic heterocycles. The lowest BCUT2D eigenvalue weighted by atomic mass is 9.74. The van der Waals surface area contributed by atoms with Gasteiger partial charge in [-0.3, -0.25) is 19.2 Å². The lowest BCUT2D eigenvalue weighted by Crippen LogP contribution is -2.58. The van der Waals surface area contributed by atoms with Crippen LogP contribution < -0.4 is 10.2 Å². The van der Waals surface area contributed by atoms with Crippen molar-refractivity contribution in [2.45, 2.75) is 69.5 Å². The number of rotatable bonds is 6. The smallest absolute Gasteiger partial charge is 0.313 e. The Morgan fingerprint density at radius 2 is 1.82 bits per heavy atom. The first kappa shape index (κ1) is 35.0. The molecular formula is C37H42BrN3O8. The van der Waals surface area contributed by atoms with Crippen molar-refractivity contribution in [3.05, 3.63) is 87.9 Å². The van der Waals surface area contributed by atoms with Crippen LogP contribution in [0.5, 0.6) is 0 Å². The number of aliphatic hydroxyl groups excluding tert-OH is 1. The molecule has 0 saturated carbocycles. The summed E-state index contributed by atoms with van der Waals surface area (Å²) < 4.78 is 18.9. The number of nitrogens with zero attached hydrogens (tertiary/aromatic N) is 2. The number of anilines is 1. The first-order valence-corrected chi connectivity index (χ1v) is 17.4. The van der Waals surface area contributed by atoms with E-state index in [9.17, 15) is 19.5 Å². The number of hydrogen-bond acceptors (Lipinski definition) is 8. The minimum Gasteiger partial charge on any atom is -0.455 e. The van der Waals surface area contributed by atoms with Gasteiger partial charge < -0.3 is 34.4 Å². The second kappa shape index (κ2) is 14.2. The van der Waals surface area contributed by atoms with Crippen LogP contribution in [0.1, 0.15) is 42.6 Å². The van der Waals surface area contributed by atoms with Crippen molar-refractivity contribution in [1.82, 2.24) is 10.2 Å². The number of fused-ring (bicyclic) bond motifs is 2. The van der Waals surface area contributed by atoms with Crippen LogP contribution in [-0.2, 0) is 33.4 Å². The van der Waals surface area contributed by atoms with Crippen LogP contribution in [0.3, 0.4) is 0 Å². The average molecular weight is 737 g/mol. The molecular weight excluding hydrogens is 694 g/mol. The van der Waals surface area contributed by atoms with Crippen molar-refractivity contribution in [2.24, 2.45) is 11.8 Å². The number of halogens is 1. The van der Waals surface area contributed by atoms with Crippen LogP contribution in [0, 0.1) is 25.7 Å². The van der Waals surface area contributed by atoms with Crippen molar-refractivity contribution in [2.75, 3.05) is 31.8 Å². The number of cyclic esters (lactones) is 1. The molecule has 2 fully saturated rings. The molecule has 260 valence electrons. The van der Waals surface area contributed by atoms with E-state index in [2.05, 4.69) is 21.2 Å². The SMILES string of the molecule is COC[C@@H]1NC(=O)CC/C=C\CN(c2cc(C)ccc2C)C(=O)[C@H]2N([C@H](C)CO)C(=O)[C@@H]3[C@@H](C(=O)O[C@H]1c1ccccc1)[C@@H]1O[C@@]32C=C1Br. The van der Waals surface area contributed by atoms with E-state index in [1.165, 1.54) is 12.0 Å². The summed E-state index contributed by atoms with van der Waals surface area (Å²) in [7, 11) is 1.50. The Morgan fingerprint density at radius 3 is 2.53 bits per heavy atom. The van der Waals surface area contributed by atoms with E-state index in [4.69, 9.17) is 14.2 Å². The molecule has 2 saturated heterocycles. The number of amides is 3. The van der Waals surface area contributed by atoms with E-state index >= 15 is 4.79 Å². The third-order valence-corrected chi connectivity index (χ3v) is 10.6. The number of benzene rings is 2. The second-order valence-electron chi connectivity index (χ2n) is 13.3. The third kappa shape index (κ3) is 6.24. The standard InChI is InChI=1S/C37H42BrN3O8/c1-21-14-15-22(2)27(17-21)40-16-10-6-9-13-28(43)39-26(20-47-4)31(24-11-7-5-8-12-24)48-36(46)29-30-34(44)41(23(3)19-42)33(35(40)45)37(30)18-25(38)32(29)49-37/h5-8,10-12,14-15,17-18,23,26,29-33,42H,9,13,16,19-20H2,1-4H3,(H,39,43)/b10-6-/t23-,26+,29-,30+,31+,32-,33-,37+/m1/s1. The molecule has 0 aliphatic carbocycles. The molecule has 0 radical (unpaired) electrons. The summed E-state index contributed by atoms with van der Waals surface area (Å²) in [5.41, 5.74) is 1.58. The van der Waals surface area contributed by atoms with Crippen molar-refractivity contribution in [1.29, 1.82) is 0 Å². The summed E-state index contributed by atoms with van der Waals surface area (Å²) >= 11 is 3.59. The molecule has 2 N–H and O–H groups in total. The number of carbonyl (C=O) groups is 4. The van der Waals surface area contributed by atoms with Crippen LogP contribution in [0.2, 0.25) is 0 Å². The number of ether oxygens (including phenoxy) is 3. The van der Waals surface area contributed by atoms with Gasteiger partial charge in [-0.1, -0.05) is 70.5 Å². The molecule has 4 aliphatic rings. The maximum absolute atomic E-state index is 15.1. The van der Waals surface area contributed by atoms with Crippen LogP contribution in [-0.4, -0.2) is 90.4 Å². The largest absolute Gasteiger partial charge is 0.455 e. The number of allylic oxidation sites excluding steroid dienone is 1. The van der Waals surface area contributed by atoms with Crippen molar-refractivity contribution < 1.29 is 38.5 Å². The Balaban J connectivity index is 1.50. The molecule has 4 heterocycles. The highest BCUT2D eigenvalue weighted by Crippen LogP contribution is 2.59. The maximum atomic E-state index is 15.1. The zero-order valence-electron chi connectivity index (χ0n) is 28.0. The number of likely N-dealkylation sites (tertiary alicyclic amines) is 1. The van der Waals surface area contributed by atoms with Crippen LogP contribution in [0.15, 0.2) is 71.2 Å². The van der Waals surface area contributed by atoms with Crippen molar-refractivity contribution in [3.63, 3.8) is 0 Å². The highest BCUT2D eigenvalue weighted by molar-refractivity contribution is 9.11. The molecule has 4 aliphatic heterocycles. The van der Waals surface area contributed by atoms with Gasteiger partial charge in [0, 0.05) is 30.2 Å². The lowest BCUT2D eigenvalue weighted by molar-refractivity contribution is -0.162. The van der Waals surface area contributed by atoms with Gasteiger partial charge in [0.15, 0.2) is 0 Å². The van der Waals surface area contributed by atoms with Gasteiger partial charge in [0.25, 0.3) is 5.91 Å². The molecule has 6 rings (SSSR count). The van der Waals surface area contributed by atoms with E-state index in [1.54, 1.807) is 30.0 Å². The number of nitrogens with one attached hydrogen (secondary N) is 1. The number of aliphatic hydroxyl groups is 1. The minimum absolute atomic E-state index is 0.0537. The molecule has 8 atom stereocenters. The molecule has 3 amide bonds. The van der Waals surface area contributed by atoms with Crippen molar-refractivity contribution in [3.8, 4) is 0 Å². The molecule has 49 heavy (non-hydrogen) atoms. The Bertz CT molecular complexity index is 1680. The zero-order chi connectivity index (χ0) is 35.0. The summed E-state index contributed by atoms with van der Waals surface area (Å²) in [4.78, 5) is 60.3. The summed E-state index contributed by atoms with van der Waals surface area (Å²) in [6, 6.07) is 12.2. The normalized spacial score (nSPS) is 31.7. The third-order valence-electron chi connectivity index (χ3n) is 9.95. The summed E-state index contributed by atoms with van der Waals surface area (Å²) in [6.07, 6.45) is 4.13. The predicted octanol–water partition coefficient (Wildman–Crippen LogP) is 3.66. The summed E-state index contributed by atoms with van der Waals surface area (Å²) in [5.74, 6) is -4.07. The molecule has 0 unspecified atom stereocenters. The van der Waals surface area contributed by atoms with Crippen LogP contribution in [0.4, 0.5) is 5.69 Å². The lowest BCUT2D eigenvalue weighted by Gasteiger charge is -2.38. The van der Waals surface area contributed by atoms with Gasteiger partial charge in [-0.25, -0.2) is 0 Å². The van der Waals surface area contributed by atoms with Gasteiger partial charge in [-0.2, -0.15) is 0 Å². The Morgan fingerprint density at radius 1 is 1.06 bits per heavy atom. The number of methoxy groups -OCH3 is 1. The summed E-state index contributed by atoms with van der Waals surface area (Å²) in [6.45, 7) is 5.32. The van der Waals surface area contributed by atoms with E-state index in [0.29, 0.717) is 22.2 Å². The van der Waals surface area contributed by atoms with Gasteiger partial charge >= 0.3 is 5.97 Å². The molecule has 5 bridgehead atoms. The first-order chi connectivity index (χ1) is 23.5. The highest BCUT2D eigenvalue weighted by Gasteiger charge is 2.75. The molecule has 1 spiro atoms. The first-order valence-electron chi connectivity index (χ1n) is 16.6. The monoisotopic (exact) mass is 735 g/mol. The quantitative estimate of drug-likeness (QED) is 0.339. The van der Waals surface area contributed by atoms with Crippen LogP contribution in [0.25, 0.3) is 0 Å². The Hall–Kier alpha value is -3.84. The average Bonchev–Trinajstić information content (AvgIpc) is 3.68. The number of carbonyl (C=O) groups excluding carboxylic acids is 4. The van der Waals surface area contributed by atoms with E-state index in [1.807, 2.05) is 62.4 Å². The van der Waals surface area contributed by atoms with Crippen molar-refractivity contribution >= 4 is 45.3 Å². The Labute approximate surface area is 294 Å². The maximum Gasteiger partial charge on any atom is 0.313 e. The van der Waals surface area contributed by atoms with Gasteiger partial charge in [-0.15, -0.1) is 0 Å². The Kier molecular flexibility index (Phi) is 10.1. The second-order valence-corrected chi connectivity index (χ2v) is 14.2. The number of esters is 1. The number of aryl methyl sites for hydroxylation is 2. The van der Waals surface area contributed by atoms with Gasteiger partial charge in [0.05, 0.1) is 31.2 Å². The van der Waals surface area contributed by atoms with E-state index in [-0.39, 0.29) is 25.5 Å². The fraction of sp³-hybridized carbons (Fsp3) is 0.459. The minimum atomic E-state index is -1.51. The van der Waals surface area contributed by atoms with Gasteiger partial charge in [-0.05, 0) is 56.0 Å². The fourth-order valence-electron chi connectivity index (χ4n) is 7.64.